The largest absolute Gasteiger partial charge is 0.484 e. The zero-order chi connectivity index (χ0) is 16.9. The average molecular weight is 322 g/mol. The lowest BCUT2D eigenvalue weighted by Gasteiger charge is -2.12. The number of carbonyl (C=O) groups excluding carboxylic acids is 1. The Kier molecular flexibility index (Phi) is 4.56. The van der Waals surface area contributed by atoms with Crippen LogP contribution in [-0.2, 0) is 4.79 Å². The summed E-state index contributed by atoms with van der Waals surface area (Å²) < 4.78 is 7.16. The second-order valence-corrected chi connectivity index (χ2v) is 5.44. The predicted molar refractivity (Wildman–Crippen MR) is 91.4 cm³/mol. The molecule has 6 heteroatoms. The van der Waals surface area contributed by atoms with Gasteiger partial charge in [0.15, 0.2) is 6.61 Å². The van der Waals surface area contributed by atoms with Crippen molar-refractivity contribution in [3.8, 4) is 11.4 Å². The molecule has 0 fully saturated rings. The molecule has 0 atom stereocenters. The summed E-state index contributed by atoms with van der Waals surface area (Å²) in [5.41, 5.74) is 3.71. The molecule has 0 saturated heterocycles. The Morgan fingerprint density at radius 1 is 1.17 bits per heavy atom. The predicted octanol–water partition coefficient (Wildman–Crippen LogP) is 2.90. The maximum absolute atomic E-state index is 12.2. The van der Waals surface area contributed by atoms with Crippen LogP contribution in [0.15, 0.2) is 55.1 Å². The van der Waals surface area contributed by atoms with E-state index in [9.17, 15) is 4.79 Å². The molecule has 1 aromatic heterocycles. The van der Waals surface area contributed by atoms with E-state index in [1.807, 2.05) is 56.3 Å². The number of para-hydroxylation sites is 2. The second kappa shape index (κ2) is 6.95. The molecule has 0 unspecified atom stereocenters. The molecule has 0 bridgehead atoms. The number of aryl methyl sites for hydroxylation is 2. The molecule has 1 N–H and O–H groups in total. The standard InChI is InChI=1S/C18H18N4O2/c1-13-7-8-15(9-14(13)2)24-10-18(23)21-16-5-3-4-6-17(16)22-12-19-11-20-22/h3-9,11-12H,10H2,1-2H3,(H,21,23). The highest BCUT2D eigenvalue weighted by Crippen LogP contribution is 2.19. The topological polar surface area (TPSA) is 69.0 Å². The van der Waals surface area contributed by atoms with Crippen LogP contribution in [0.25, 0.3) is 5.69 Å². The van der Waals surface area contributed by atoms with Crippen LogP contribution in [0.2, 0.25) is 0 Å². The molecule has 3 aromatic rings. The quantitative estimate of drug-likeness (QED) is 0.784. The van der Waals surface area contributed by atoms with Crippen molar-refractivity contribution in [2.75, 3.05) is 11.9 Å². The molecule has 6 nitrogen and oxygen atoms in total. The van der Waals surface area contributed by atoms with E-state index >= 15 is 0 Å². The summed E-state index contributed by atoms with van der Waals surface area (Å²) in [4.78, 5) is 16.1. The molecular weight excluding hydrogens is 304 g/mol. The van der Waals surface area contributed by atoms with Gasteiger partial charge in [0.2, 0.25) is 0 Å². The summed E-state index contributed by atoms with van der Waals surface area (Å²) in [5, 5.41) is 6.93. The van der Waals surface area contributed by atoms with Crippen molar-refractivity contribution < 1.29 is 9.53 Å². The average Bonchev–Trinajstić information content (AvgIpc) is 3.11. The number of nitrogens with zero attached hydrogens (tertiary/aromatic N) is 3. The van der Waals surface area contributed by atoms with E-state index in [1.54, 1.807) is 11.0 Å². The van der Waals surface area contributed by atoms with Gasteiger partial charge < -0.3 is 10.1 Å². The van der Waals surface area contributed by atoms with Crippen LogP contribution in [0.1, 0.15) is 11.1 Å². The van der Waals surface area contributed by atoms with Gasteiger partial charge in [-0.05, 0) is 49.2 Å². The van der Waals surface area contributed by atoms with Crippen molar-refractivity contribution >= 4 is 11.6 Å². The lowest BCUT2D eigenvalue weighted by molar-refractivity contribution is -0.118. The van der Waals surface area contributed by atoms with Crippen LogP contribution in [0.4, 0.5) is 5.69 Å². The lowest BCUT2D eigenvalue weighted by atomic mass is 10.1. The zero-order valence-electron chi connectivity index (χ0n) is 13.6. The number of benzene rings is 2. The number of amides is 1. The van der Waals surface area contributed by atoms with Crippen LogP contribution in [-0.4, -0.2) is 27.3 Å². The third-order valence-electron chi connectivity index (χ3n) is 3.69. The minimum atomic E-state index is -0.235. The number of carbonyl (C=O) groups is 1. The first-order chi connectivity index (χ1) is 11.6. The Morgan fingerprint density at radius 3 is 2.75 bits per heavy atom. The summed E-state index contributed by atoms with van der Waals surface area (Å²) in [7, 11) is 0. The van der Waals surface area contributed by atoms with E-state index in [0.717, 1.165) is 11.3 Å². The van der Waals surface area contributed by atoms with E-state index < -0.39 is 0 Å². The highest BCUT2D eigenvalue weighted by atomic mass is 16.5. The maximum atomic E-state index is 12.2. The van der Waals surface area contributed by atoms with Crippen molar-refractivity contribution in [2.24, 2.45) is 0 Å². The molecule has 0 spiro atoms. The summed E-state index contributed by atoms with van der Waals surface area (Å²) in [5.74, 6) is 0.443. The fraction of sp³-hybridized carbons (Fsp3) is 0.167. The Labute approximate surface area is 140 Å². The third kappa shape index (κ3) is 3.60. The summed E-state index contributed by atoms with van der Waals surface area (Å²) in [6, 6.07) is 13.1. The number of ether oxygens (including phenoxy) is 1. The van der Waals surface area contributed by atoms with Gasteiger partial charge in [0, 0.05) is 0 Å². The number of hydrogen-bond donors (Lipinski definition) is 1. The van der Waals surface area contributed by atoms with Crippen molar-refractivity contribution in [2.45, 2.75) is 13.8 Å². The van der Waals surface area contributed by atoms with Crippen molar-refractivity contribution in [1.29, 1.82) is 0 Å². The molecule has 122 valence electrons. The Hall–Kier alpha value is -3.15. The highest BCUT2D eigenvalue weighted by molar-refractivity contribution is 5.93. The molecule has 3 rings (SSSR count). The van der Waals surface area contributed by atoms with E-state index in [4.69, 9.17) is 4.74 Å². The minimum Gasteiger partial charge on any atom is -0.484 e. The van der Waals surface area contributed by atoms with Crippen molar-refractivity contribution in [3.05, 3.63) is 66.2 Å². The molecule has 0 radical (unpaired) electrons. The molecule has 2 aromatic carbocycles. The molecule has 0 aliphatic carbocycles. The smallest absolute Gasteiger partial charge is 0.262 e. The molecule has 1 amide bonds. The van der Waals surface area contributed by atoms with E-state index in [-0.39, 0.29) is 12.5 Å². The van der Waals surface area contributed by atoms with Gasteiger partial charge in [-0.15, -0.1) is 0 Å². The number of aromatic nitrogens is 3. The number of nitrogens with one attached hydrogen (secondary N) is 1. The van der Waals surface area contributed by atoms with Crippen LogP contribution in [0.3, 0.4) is 0 Å². The fourth-order valence-corrected chi connectivity index (χ4v) is 2.25. The molecule has 1 heterocycles. The monoisotopic (exact) mass is 322 g/mol. The fourth-order valence-electron chi connectivity index (χ4n) is 2.25. The first-order valence-corrected chi connectivity index (χ1v) is 7.57. The third-order valence-corrected chi connectivity index (χ3v) is 3.69. The number of rotatable bonds is 5. The molecule has 0 aliphatic heterocycles. The molecule has 24 heavy (non-hydrogen) atoms. The minimum absolute atomic E-state index is 0.0613. The van der Waals surface area contributed by atoms with Gasteiger partial charge in [0.25, 0.3) is 5.91 Å². The van der Waals surface area contributed by atoms with Gasteiger partial charge in [-0.2, -0.15) is 5.10 Å². The first-order valence-electron chi connectivity index (χ1n) is 7.57. The summed E-state index contributed by atoms with van der Waals surface area (Å²) in [6.07, 6.45) is 3.03. The van der Waals surface area contributed by atoms with Gasteiger partial charge in [0.1, 0.15) is 18.4 Å². The van der Waals surface area contributed by atoms with Crippen LogP contribution in [0, 0.1) is 13.8 Å². The molecule has 0 saturated carbocycles. The number of hydrogen-bond acceptors (Lipinski definition) is 4. The Bertz CT molecular complexity index is 844. The second-order valence-electron chi connectivity index (χ2n) is 5.44. The Morgan fingerprint density at radius 2 is 2.00 bits per heavy atom. The molecular formula is C18H18N4O2. The summed E-state index contributed by atoms with van der Waals surface area (Å²) in [6.45, 7) is 3.98. The van der Waals surface area contributed by atoms with Crippen LogP contribution in [0.5, 0.6) is 5.75 Å². The maximum Gasteiger partial charge on any atom is 0.262 e. The molecule has 0 aliphatic rings. The Balaban J connectivity index is 1.66. The summed E-state index contributed by atoms with van der Waals surface area (Å²) >= 11 is 0. The SMILES string of the molecule is Cc1ccc(OCC(=O)Nc2ccccc2-n2cncn2)cc1C. The van der Waals surface area contributed by atoms with Crippen molar-refractivity contribution in [3.63, 3.8) is 0 Å². The van der Waals surface area contributed by atoms with Gasteiger partial charge in [-0.1, -0.05) is 18.2 Å². The normalized spacial score (nSPS) is 10.4. The number of anilines is 1. The lowest BCUT2D eigenvalue weighted by Crippen LogP contribution is -2.21. The van der Waals surface area contributed by atoms with Crippen molar-refractivity contribution in [1.82, 2.24) is 14.8 Å². The van der Waals surface area contributed by atoms with E-state index in [2.05, 4.69) is 15.4 Å². The zero-order valence-corrected chi connectivity index (χ0v) is 13.6. The first kappa shape index (κ1) is 15.7. The van der Waals surface area contributed by atoms with Gasteiger partial charge in [-0.25, -0.2) is 9.67 Å². The van der Waals surface area contributed by atoms with E-state index in [1.165, 1.54) is 11.9 Å². The van der Waals surface area contributed by atoms with Gasteiger partial charge in [0.05, 0.1) is 11.4 Å². The van der Waals surface area contributed by atoms with Gasteiger partial charge in [-0.3, -0.25) is 4.79 Å². The van der Waals surface area contributed by atoms with E-state index in [0.29, 0.717) is 11.4 Å². The van der Waals surface area contributed by atoms with Crippen LogP contribution < -0.4 is 10.1 Å². The van der Waals surface area contributed by atoms with Crippen LogP contribution >= 0.6 is 0 Å². The van der Waals surface area contributed by atoms with Gasteiger partial charge >= 0.3 is 0 Å². The highest BCUT2D eigenvalue weighted by Gasteiger charge is 2.09.